The largest absolute Gasteiger partial charge is 0.372 e. The van der Waals surface area contributed by atoms with Crippen LogP contribution in [0.3, 0.4) is 0 Å². The second-order valence-corrected chi connectivity index (χ2v) is 5.18. The summed E-state index contributed by atoms with van der Waals surface area (Å²) < 4.78 is 33.9. The molecule has 0 aromatic heterocycles. The standard InChI is InChI=1S/C17H17F2NO.ClH/c18-15-6-2-1-5-14(15)17-12(4-3-7-16(17)19)11-21-13-8-9-20-10-13;/h1-7,13,20H,8-11H2;1H/t13-;/m0./s1. The third kappa shape index (κ3) is 3.64. The van der Waals surface area contributed by atoms with E-state index in [1.54, 1.807) is 30.3 Å². The van der Waals surface area contributed by atoms with Crippen molar-refractivity contribution in [3.63, 3.8) is 0 Å². The van der Waals surface area contributed by atoms with Gasteiger partial charge in [0.05, 0.1) is 12.7 Å². The molecule has 1 fully saturated rings. The summed E-state index contributed by atoms with van der Waals surface area (Å²) in [4.78, 5) is 0. The van der Waals surface area contributed by atoms with Crippen LogP contribution in [0.5, 0.6) is 0 Å². The van der Waals surface area contributed by atoms with E-state index in [9.17, 15) is 8.78 Å². The van der Waals surface area contributed by atoms with E-state index in [2.05, 4.69) is 5.32 Å². The summed E-state index contributed by atoms with van der Waals surface area (Å²) in [6, 6.07) is 11.0. The van der Waals surface area contributed by atoms with Gasteiger partial charge in [-0.2, -0.15) is 0 Å². The van der Waals surface area contributed by atoms with Gasteiger partial charge in [-0.25, -0.2) is 8.78 Å². The molecule has 1 saturated heterocycles. The van der Waals surface area contributed by atoms with Gasteiger partial charge in [0.25, 0.3) is 0 Å². The summed E-state index contributed by atoms with van der Waals surface area (Å²) in [5.41, 5.74) is 1.24. The van der Waals surface area contributed by atoms with Gasteiger partial charge in [0, 0.05) is 17.7 Å². The molecule has 1 aliphatic heterocycles. The van der Waals surface area contributed by atoms with Crippen LogP contribution in [0.25, 0.3) is 11.1 Å². The summed E-state index contributed by atoms with van der Waals surface area (Å²) in [7, 11) is 0. The Bertz CT molecular complexity index is 630. The minimum Gasteiger partial charge on any atom is -0.372 e. The first kappa shape index (κ1) is 16.9. The van der Waals surface area contributed by atoms with Gasteiger partial charge in [0.2, 0.25) is 0 Å². The molecule has 1 heterocycles. The van der Waals surface area contributed by atoms with Crippen LogP contribution in [0.2, 0.25) is 0 Å². The Morgan fingerprint density at radius 3 is 2.55 bits per heavy atom. The molecular weight excluding hydrogens is 308 g/mol. The van der Waals surface area contributed by atoms with Crippen molar-refractivity contribution in [1.29, 1.82) is 0 Å². The molecule has 22 heavy (non-hydrogen) atoms. The summed E-state index contributed by atoms with van der Waals surface area (Å²) in [6.07, 6.45) is 1.09. The second-order valence-electron chi connectivity index (χ2n) is 5.18. The van der Waals surface area contributed by atoms with Crippen LogP contribution in [0, 0.1) is 11.6 Å². The third-order valence-corrected chi connectivity index (χ3v) is 3.73. The zero-order valence-corrected chi connectivity index (χ0v) is 12.8. The lowest BCUT2D eigenvalue weighted by Gasteiger charge is -2.15. The van der Waals surface area contributed by atoms with Crippen molar-refractivity contribution in [1.82, 2.24) is 5.32 Å². The highest BCUT2D eigenvalue weighted by Crippen LogP contribution is 2.30. The molecule has 0 saturated carbocycles. The lowest BCUT2D eigenvalue weighted by Crippen LogP contribution is -2.16. The van der Waals surface area contributed by atoms with Crippen LogP contribution in [-0.2, 0) is 11.3 Å². The maximum Gasteiger partial charge on any atom is 0.131 e. The normalized spacial score (nSPS) is 17.3. The van der Waals surface area contributed by atoms with Gasteiger partial charge in [-0.15, -0.1) is 12.4 Å². The van der Waals surface area contributed by atoms with E-state index >= 15 is 0 Å². The van der Waals surface area contributed by atoms with E-state index in [1.807, 2.05) is 0 Å². The summed E-state index contributed by atoms with van der Waals surface area (Å²) in [6.45, 7) is 2.03. The van der Waals surface area contributed by atoms with Crippen molar-refractivity contribution >= 4 is 12.4 Å². The van der Waals surface area contributed by atoms with Crippen LogP contribution in [-0.4, -0.2) is 19.2 Å². The molecule has 5 heteroatoms. The van der Waals surface area contributed by atoms with Gasteiger partial charge in [-0.05, 0) is 30.7 Å². The lowest BCUT2D eigenvalue weighted by molar-refractivity contribution is 0.0543. The molecule has 0 amide bonds. The van der Waals surface area contributed by atoms with Crippen LogP contribution in [0.15, 0.2) is 42.5 Å². The number of hydrogen-bond acceptors (Lipinski definition) is 2. The maximum atomic E-state index is 14.2. The molecule has 2 aromatic carbocycles. The highest BCUT2D eigenvalue weighted by Gasteiger charge is 2.18. The first-order valence-electron chi connectivity index (χ1n) is 7.10. The van der Waals surface area contributed by atoms with E-state index in [-0.39, 0.29) is 30.7 Å². The Hall–Kier alpha value is -1.49. The molecule has 0 unspecified atom stereocenters. The highest BCUT2D eigenvalue weighted by atomic mass is 35.5. The smallest absolute Gasteiger partial charge is 0.131 e. The number of hydrogen-bond donors (Lipinski definition) is 1. The monoisotopic (exact) mass is 325 g/mol. The zero-order valence-electron chi connectivity index (χ0n) is 12.0. The number of ether oxygens (including phenoxy) is 1. The molecule has 2 aromatic rings. The fourth-order valence-corrected chi connectivity index (χ4v) is 2.63. The Kier molecular flexibility index (Phi) is 5.89. The van der Waals surface area contributed by atoms with Crippen molar-refractivity contribution in [2.45, 2.75) is 19.1 Å². The Morgan fingerprint density at radius 1 is 1.05 bits per heavy atom. The Morgan fingerprint density at radius 2 is 1.82 bits per heavy atom. The fraction of sp³-hybridized carbons (Fsp3) is 0.294. The Balaban J connectivity index is 0.00000176. The van der Waals surface area contributed by atoms with E-state index in [0.717, 1.165) is 19.5 Å². The molecule has 1 aliphatic rings. The van der Waals surface area contributed by atoms with E-state index in [4.69, 9.17) is 4.74 Å². The molecule has 1 atom stereocenters. The summed E-state index contributed by atoms with van der Waals surface area (Å²) in [5, 5.41) is 3.22. The van der Waals surface area contributed by atoms with Crippen molar-refractivity contribution in [2.24, 2.45) is 0 Å². The first-order valence-corrected chi connectivity index (χ1v) is 7.10. The van der Waals surface area contributed by atoms with Crippen LogP contribution < -0.4 is 5.32 Å². The van der Waals surface area contributed by atoms with Gasteiger partial charge in [-0.3, -0.25) is 0 Å². The fourth-order valence-electron chi connectivity index (χ4n) is 2.63. The average Bonchev–Trinajstić information content (AvgIpc) is 3.00. The van der Waals surface area contributed by atoms with Crippen molar-refractivity contribution in [3.05, 3.63) is 59.7 Å². The predicted octanol–water partition coefficient (Wildman–Crippen LogP) is 3.93. The highest BCUT2D eigenvalue weighted by molar-refractivity contribution is 5.85. The molecule has 118 valence electrons. The minimum atomic E-state index is -0.425. The molecule has 1 N–H and O–H groups in total. The van der Waals surface area contributed by atoms with Gasteiger partial charge in [-0.1, -0.05) is 30.3 Å². The predicted molar refractivity (Wildman–Crippen MR) is 85.1 cm³/mol. The van der Waals surface area contributed by atoms with Gasteiger partial charge in [0.15, 0.2) is 0 Å². The Labute approximate surface area is 134 Å². The van der Waals surface area contributed by atoms with Crippen molar-refractivity contribution in [3.8, 4) is 11.1 Å². The summed E-state index contributed by atoms with van der Waals surface area (Å²) in [5.74, 6) is -0.850. The average molecular weight is 326 g/mol. The lowest BCUT2D eigenvalue weighted by atomic mass is 9.99. The molecule has 2 nitrogen and oxygen atoms in total. The third-order valence-electron chi connectivity index (χ3n) is 3.73. The van der Waals surface area contributed by atoms with Crippen LogP contribution >= 0.6 is 12.4 Å². The molecule has 0 radical (unpaired) electrons. The number of benzene rings is 2. The second kappa shape index (κ2) is 7.68. The van der Waals surface area contributed by atoms with E-state index in [0.29, 0.717) is 11.1 Å². The number of rotatable bonds is 4. The van der Waals surface area contributed by atoms with Crippen LogP contribution in [0.1, 0.15) is 12.0 Å². The quantitative estimate of drug-likeness (QED) is 0.919. The zero-order chi connectivity index (χ0) is 14.7. The number of nitrogens with one attached hydrogen (secondary N) is 1. The minimum absolute atomic E-state index is 0. The first-order chi connectivity index (χ1) is 10.3. The van der Waals surface area contributed by atoms with Gasteiger partial charge in [0.1, 0.15) is 11.6 Å². The van der Waals surface area contributed by atoms with Crippen LogP contribution in [0.4, 0.5) is 8.78 Å². The topological polar surface area (TPSA) is 21.3 Å². The van der Waals surface area contributed by atoms with E-state index in [1.165, 1.54) is 12.1 Å². The molecule has 0 spiro atoms. The maximum absolute atomic E-state index is 14.2. The van der Waals surface area contributed by atoms with Gasteiger partial charge >= 0.3 is 0 Å². The molecule has 0 aliphatic carbocycles. The summed E-state index contributed by atoms with van der Waals surface area (Å²) >= 11 is 0. The van der Waals surface area contributed by atoms with Crippen molar-refractivity contribution in [2.75, 3.05) is 13.1 Å². The molecule has 3 rings (SSSR count). The number of halogens is 3. The SMILES string of the molecule is Cl.Fc1ccccc1-c1c(F)cccc1CO[C@H]1CCNC1. The molecular formula is C17H18ClF2NO. The van der Waals surface area contributed by atoms with Crippen molar-refractivity contribution < 1.29 is 13.5 Å². The van der Waals surface area contributed by atoms with E-state index < -0.39 is 11.6 Å². The van der Waals surface area contributed by atoms with Gasteiger partial charge < -0.3 is 10.1 Å². The molecule has 0 bridgehead atoms.